The van der Waals surface area contributed by atoms with E-state index < -0.39 is 40.9 Å². The van der Waals surface area contributed by atoms with Gasteiger partial charge in [0.05, 0.1) is 29.8 Å². The largest absolute Gasteiger partial charge is 0.494 e. The molecule has 9 heteroatoms. The molecule has 0 saturated heterocycles. The first-order valence-electron chi connectivity index (χ1n) is 11.9. The maximum absolute atomic E-state index is 15.5. The molecular weight excluding hydrogens is 516 g/mol. The molecule has 0 bridgehead atoms. The predicted octanol–water partition coefficient (Wildman–Crippen LogP) is 6.33. The van der Waals surface area contributed by atoms with Crippen molar-refractivity contribution in [3.8, 4) is 16.9 Å². The van der Waals surface area contributed by atoms with Crippen LogP contribution >= 0.6 is 11.8 Å². The number of methoxy groups -OCH3 is 1. The summed E-state index contributed by atoms with van der Waals surface area (Å²) in [6.07, 6.45) is -0.149. The highest BCUT2D eigenvalue weighted by molar-refractivity contribution is 7.99. The average Bonchev–Trinajstić information content (AvgIpc) is 3.34. The van der Waals surface area contributed by atoms with E-state index >= 15 is 4.39 Å². The standard InChI is InChI=1S/C29H24F4N2O2S/c1-15-19(13-20-21(31)6-4-7-22(20)32)29-35(23(14-38-29)27(34)16-9-11-17(30)12-10-16)28(36)25(15)18-5-3-8-24(37-2)26(18)33/h3-12,23,27H,13-14,34H2,1-2H3/t23-,27?/m0/s1. The van der Waals surface area contributed by atoms with Gasteiger partial charge in [-0.05, 0) is 53.9 Å². The molecule has 1 unspecified atom stereocenters. The molecule has 2 N–H and O–H groups in total. The number of thioether (sulfide) groups is 1. The third-order valence-corrected chi connectivity index (χ3v) is 8.22. The van der Waals surface area contributed by atoms with E-state index in [0.717, 1.165) is 0 Å². The molecule has 0 spiro atoms. The van der Waals surface area contributed by atoms with Gasteiger partial charge in [0.25, 0.3) is 5.56 Å². The summed E-state index contributed by atoms with van der Waals surface area (Å²) in [7, 11) is 1.32. The number of benzene rings is 3. The van der Waals surface area contributed by atoms with Gasteiger partial charge in [0.15, 0.2) is 11.6 Å². The third kappa shape index (κ3) is 4.39. The number of nitrogens with two attached hydrogens (primary N) is 1. The molecule has 0 aliphatic carbocycles. The number of aromatic nitrogens is 1. The van der Waals surface area contributed by atoms with Crippen LogP contribution in [-0.4, -0.2) is 17.4 Å². The lowest BCUT2D eigenvalue weighted by Crippen LogP contribution is -2.33. The van der Waals surface area contributed by atoms with E-state index in [9.17, 15) is 18.0 Å². The average molecular weight is 541 g/mol. The maximum Gasteiger partial charge on any atom is 0.260 e. The molecule has 0 radical (unpaired) electrons. The molecule has 0 fully saturated rings. The Morgan fingerprint density at radius 3 is 2.32 bits per heavy atom. The van der Waals surface area contributed by atoms with Gasteiger partial charge in [-0.15, -0.1) is 11.8 Å². The zero-order chi connectivity index (χ0) is 27.1. The van der Waals surface area contributed by atoms with E-state index in [-0.39, 0.29) is 28.9 Å². The number of halogens is 4. The van der Waals surface area contributed by atoms with Crippen LogP contribution in [0.1, 0.15) is 34.3 Å². The summed E-state index contributed by atoms with van der Waals surface area (Å²) in [6, 6.07) is 12.6. The first-order valence-corrected chi connectivity index (χ1v) is 12.9. The van der Waals surface area contributed by atoms with Gasteiger partial charge in [-0.2, -0.15) is 0 Å². The number of fused-ring (bicyclic) bond motifs is 1. The Morgan fingerprint density at radius 2 is 1.66 bits per heavy atom. The van der Waals surface area contributed by atoms with Crippen LogP contribution in [0.4, 0.5) is 17.6 Å². The lowest BCUT2D eigenvalue weighted by molar-refractivity contribution is 0.387. The number of rotatable bonds is 6. The van der Waals surface area contributed by atoms with Gasteiger partial charge in [0.2, 0.25) is 0 Å². The topological polar surface area (TPSA) is 57.2 Å². The zero-order valence-corrected chi connectivity index (χ0v) is 21.4. The fraction of sp³-hybridized carbons (Fsp3) is 0.207. The first-order chi connectivity index (χ1) is 18.2. The van der Waals surface area contributed by atoms with Crippen LogP contribution in [0.5, 0.6) is 5.75 Å². The van der Waals surface area contributed by atoms with Gasteiger partial charge in [0.1, 0.15) is 17.5 Å². The van der Waals surface area contributed by atoms with Gasteiger partial charge in [-0.25, -0.2) is 17.6 Å². The van der Waals surface area contributed by atoms with E-state index in [4.69, 9.17) is 10.5 Å². The van der Waals surface area contributed by atoms with Crippen molar-refractivity contribution in [2.24, 2.45) is 5.73 Å². The van der Waals surface area contributed by atoms with E-state index in [0.29, 0.717) is 27.5 Å². The summed E-state index contributed by atoms with van der Waals surface area (Å²) in [5.41, 5.74) is 7.57. The summed E-state index contributed by atoms with van der Waals surface area (Å²) in [5, 5.41) is 0.518. The smallest absolute Gasteiger partial charge is 0.260 e. The van der Waals surface area contributed by atoms with Crippen molar-refractivity contribution in [1.82, 2.24) is 4.57 Å². The Labute approximate surface area is 221 Å². The minimum Gasteiger partial charge on any atom is -0.494 e. The van der Waals surface area contributed by atoms with Crippen LogP contribution in [0.3, 0.4) is 0 Å². The van der Waals surface area contributed by atoms with Crippen molar-refractivity contribution in [2.45, 2.75) is 30.5 Å². The second-order valence-corrected chi connectivity index (χ2v) is 10.1. The van der Waals surface area contributed by atoms with E-state index in [1.54, 1.807) is 25.1 Å². The molecule has 38 heavy (non-hydrogen) atoms. The number of hydrogen-bond donors (Lipinski definition) is 1. The summed E-state index contributed by atoms with van der Waals surface area (Å²) in [5.74, 6) is -2.22. The third-order valence-electron chi connectivity index (χ3n) is 7.00. The number of ether oxygens (including phenoxy) is 1. The molecule has 1 aliphatic rings. The highest BCUT2D eigenvalue weighted by Crippen LogP contribution is 2.43. The Kier molecular flexibility index (Phi) is 7.07. The Balaban J connectivity index is 1.76. The normalized spacial score (nSPS) is 15.4. The van der Waals surface area contributed by atoms with E-state index in [1.165, 1.54) is 65.9 Å². The minimum atomic E-state index is -0.719. The second kappa shape index (κ2) is 10.3. The summed E-state index contributed by atoms with van der Waals surface area (Å²) in [6.45, 7) is 1.65. The van der Waals surface area contributed by atoms with Crippen LogP contribution in [0.2, 0.25) is 0 Å². The van der Waals surface area contributed by atoms with Crippen LogP contribution in [0, 0.1) is 30.2 Å². The fourth-order valence-electron chi connectivity index (χ4n) is 4.96. The van der Waals surface area contributed by atoms with Crippen LogP contribution < -0.4 is 16.0 Å². The van der Waals surface area contributed by atoms with Crippen molar-refractivity contribution in [1.29, 1.82) is 0 Å². The van der Waals surface area contributed by atoms with Gasteiger partial charge in [0, 0.05) is 23.3 Å². The van der Waals surface area contributed by atoms with Gasteiger partial charge in [-0.1, -0.05) is 30.3 Å². The van der Waals surface area contributed by atoms with Crippen molar-refractivity contribution >= 4 is 11.8 Å². The quantitative estimate of drug-likeness (QED) is 0.291. The van der Waals surface area contributed by atoms with Crippen LogP contribution in [0.25, 0.3) is 11.1 Å². The van der Waals surface area contributed by atoms with Gasteiger partial charge < -0.3 is 10.5 Å². The lowest BCUT2D eigenvalue weighted by Gasteiger charge is -2.25. The Bertz CT molecular complexity index is 1570. The van der Waals surface area contributed by atoms with Gasteiger partial charge in [-0.3, -0.25) is 9.36 Å². The molecule has 0 amide bonds. The Morgan fingerprint density at radius 1 is 1.00 bits per heavy atom. The number of pyridine rings is 1. The monoisotopic (exact) mass is 540 g/mol. The van der Waals surface area contributed by atoms with Crippen molar-refractivity contribution in [3.05, 3.63) is 117 Å². The molecule has 196 valence electrons. The molecular formula is C29H24F4N2O2S. The highest BCUT2D eigenvalue weighted by Gasteiger charge is 2.35. The summed E-state index contributed by atoms with van der Waals surface area (Å²) >= 11 is 1.35. The van der Waals surface area contributed by atoms with Gasteiger partial charge >= 0.3 is 0 Å². The first kappa shape index (κ1) is 26.1. The predicted molar refractivity (Wildman–Crippen MR) is 140 cm³/mol. The summed E-state index contributed by atoms with van der Waals surface area (Å²) < 4.78 is 65.0. The molecule has 4 nitrogen and oxygen atoms in total. The van der Waals surface area contributed by atoms with Crippen molar-refractivity contribution in [3.63, 3.8) is 0 Å². The van der Waals surface area contributed by atoms with Crippen LogP contribution in [0.15, 0.2) is 70.5 Å². The number of hydrogen-bond acceptors (Lipinski definition) is 4. The second-order valence-electron chi connectivity index (χ2n) is 9.11. The zero-order valence-electron chi connectivity index (χ0n) is 20.6. The SMILES string of the molecule is COc1cccc(-c2c(C)c(Cc3c(F)cccc3F)c3n(c2=O)[C@H](C(N)c2ccc(F)cc2)CS3)c1F. The fourth-order valence-corrected chi connectivity index (χ4v) is 6.40. The van der Waals surface area contributed by atoms with E-state index in [1.807, 2.05) is 0 Å². The van der Waals surface area contributed by atoms with Crippen molar-refractivity contribution < 1.29 is 22.3 Å². The molecule has 1 aromatic heterocycles. The molecule has 2 atom stereocenters. The summed E-state index contributed by atoms with van der Waals surface area (Å²) in [4.78, 5) is 14.1. The molecule has 3 aromatic carbocycles. The lowest BCUT2D eigenvalue weighted by atomic mass is 9.93. The highest BCUT2D eigenvalue weighted by atomic mass is 32.2. The molecule has 4 aromatic rings. The van der Waals surface area contributed by atoms with E-state index in [2.05, 4.69) is 0 Å². The molecule has 0 saturated carbocycles. The minimum absolute atomic E-state index is 0.0170. The molecule has 2 heterocycles. The number of nitrogens with zero attached hydrogens (tertiary/aromatic N) is 1. The Hall–Kier alpha value is -3.56. The molecule has 5 rings (SSSR count). The van der Waals surface area contributed by atoms with Crippen molar-refractivity contribution in [2.75, 3.05) is 12.9 Å². The van der Waals surface area contributed by atoms with Crippen LogP contribution in [-0.2, 0) is 6.42 Å². The molecule has 1 aliphatic heterocycles. The maximum atomic E-state index is 15.5.